The Morgan fingerprint density at radius 3 is 2.94 bits per heavy atom. The lowest BCUT2D eigenvalue weighted by Gasteiger charge is -2.15. The van der Waals surface area contributed by atoms with Gasteiger partial charge in [0.2, 0.25) is 0 Å². The van der Waals surface area contributed by atoms with E-state index in [-0.39, 0.29) is 17.6 Å². The fraction of sp³-hybridized carbons (Fsp3) is 0.429. The largest absolute Gasteiger partial charge is 0.508 e. The fourth-order valence-electron chi connectivity index (χ4n) is 1.65. The Hall–Kier alpha value is -1.53. The van der Waals surface area contributed by atoms with Crippen molar-refractivity contribution in [1.29, 1.82) is 0 Å². The van der Waals surface area contributed by atoms with Gasteiger partial charge < -0.3 is 10.4 Å². The molecule has 3 heteroatoms. The van der Waals surface area contributed by atoms with E-state index in [1.165, 1.54) is 18.2 Å². The molecule has 0 heterocycles. The average molecular weight is 235 g/mol. The fourth-order valence-corrected chi connectivity index (χ4v) is 1.65. The molecule has 1 rings (SSSR count). The zero-order valence-corrected chi connectivity index (χ0v) is 10.0. The number of phenols is 1. The van der Waals surface area contributed by atoms with Crippen molar-refractivity contribution in [3.05, 3.63) is 29.6 Å². The van der Waals surface area contributed by atoms with Crippen molar-refractivity contribution in [1.82, 2.24) is 5.32 Å². The standard InChI is InChI=1S/C14H18FNO/c1-3-4-5-6-9-16-11(2)13-10-12(15)7-8-14(13)17/h1,7-8,10-11,16-17H,4-6,9H2,2H3. The van der Waals surface area contributed by atoms with Crippen molar-refractivity contribution in [2.24, 2.45) is 0 Å². The predicted octanol–water partition coefficient (Wildman–Crippen LogP) is 2.99. The van der Waals surface area contributed by atoms with Crippen molar-refractivity contribution in [3.63, 3.8) is 0 Å². The lowest BCUT2D eigenvalue weighted by molar-refractivity contribution is 0.448. The van der Waals surface area contributed by atoms with Gasteiger partial charge in [0.1, 0.15) is 11.6 Å². The monoisotopic (exact) mass is 235 g/mol. The second-order valence-electron chi connectivity index (χ2n) is 4.04. The highest BCUT2D eigenvalue weighted by molar-refractivity contribution is 5.34. The number of phenolic OH excluding ortho intramolecular Hbond substituents is 1. The van der Waals surface area contributed by atoms with Crippen molar-refractivity contribution in [2.75, 3.05) is 6.54 Å². The lowest BCUT2D eigenvalue weighted by Crippen LogP contribution is -2.20. The molecule has 0 aliphatic carbocycles. The molecular formula is C14H18FNO. The second-order valence-corrected chi connectivity index (χ2v) is 4.04. The van der Waals surface area contributed by atoms with Crippen molar-refractivity contribution in [3.8, 4) is 18.1 Å². The molecule has 0 aliphatic heterocycles. The number of terminal acetylenes is 1. The van der Waals surface area contributed by atoms with Crippen LogP contribution in [0.3, 0.4) is 0 Å². The summed E-state index contributed by atoms with van der Waals surface area (Å²) in [7, 11) is 0. The van der Waals surface area contributed by atoms with Gasteiger partial charge in [-0.25, -0.2) is 4.39 Å². The van der Waals surface area contributed by atoms with E-state index >= 15 is 0 Å². The van der Waals surface area contributed by atoms with Crippen molar-refractivity contribution in [2.45, 2.75) is 32.2 Å². The molecule has 0 amide bonds. The topological polar surface area (TPSA) is 32.3 Å². The first-order chi connectivity index (χ1) is 8.15. The molecule has 0 fully saturated rings. The summed E-state index contributed by atoms with van der Waals surface area (Å²) in [5.41, 5.74) is 0.585. The summed E-state index contributed by atoms with van der Waals surface area (Å²) < 4.78 is 13.0. The number of rotatable bonds is 6. The van der Waals surface area contributed by atoms with Crippen LogP contribution in [0.4, 0.5) is 4.39 Å². The Balaban J connectivity index is 2.44. The van der Waals surface area contributed by atoms with E-state index in [2.05, 4.69) is 11.2 Å². The number of nitrogens with one attached hydrogen (secondary N) is 1. The minimum Gasteiger partial charge on any atom is -0.508 e. The molecular weight excluding hydrogens is 217 g/mol. The van der Waals surface area contributed by atoms with E-state index in [1.54, 1.807) is 0 Å². The van der Waals surface area contributed by atoms with Gasteiger partial charge in [-0.3, -0.25) is 0 Å². The molecule has 92 valence electrons. The molecule has 2 nitrogen and oxygen atoms in total. The van der Waals surface area contributed by atoms with Crippen LogP contribution in [0, 0.1) is 18.2 Å². The summed E-state index contributed by atoms with van der Waals surface area (Å²) in [6.45, 7) is 2.70. The van der Waals surface area contributed by atoms with Gasteiger partial charge in [-0.1, -0.05) is 0 Å². The zero-order chi connectivity index (χ0) is 12.7. The van der Waals surface area contributed by atoms with Crippen LogP contribution in [-0.4, -0.2) is 11.7 Å². The summed E-state index contributed by atoms with van der Waals surface area (Å²) in [6.07, 6.45) is 7.89. The van der Waals surface area contributed by atoms with E-state index in [0.29, 0.717) is 5.56 Å². The molecule has 0 aliphatic rings. The van der Waals surface area contributed by atoms with Crippen LogP contribution in [0.2, 0.25) is 0 Å². The molecule has 0 aromatic heterocycles. The first-order valence-electron chi connectivity index (χ1n) is 5.80. The quantitative estimate of drug-likeness (QED) is 0.587. The molecule has 1 aromatic rings. The lowest BCUT2D eigenvalue weighted by atomic mass is 10.1. The maximum absolute atomic E-state index is 13.0. The van der Waals surface area contributed by atoms with Crippen LogP contribution in [0.1, 0.15) is 37.8 Å². The average Bonchev–Trinajstić information content (AvgIpc) is 2.32. The Labute approximate surface area is 102 Å². The Morgan fingerprint density at radius 1 is 1.47 bits per heavy atom. The highest BCUT2D eigenvalue weighted by Crippen LogP contribution is 2.24. The third-order valence-corrected chi connectivity index (χ3v) is 2.65. The summed E-state index contributed by atoms with van der Waals surface area (Å²) in [5.74, 6) is 2.37. The molecule has 1 aromatic carbocycles. The minimum absolute atomic E-state index is 0.0727. The van der Waals surface area contributed by atoms with Gasteiger partial charge >= 0.3 is 0 Å². The molecule has 1 unspecified atom stereocenters. The van der Waals surface area contributed by atoms with Gasteiger partial charge in [0, 0.05) is 18.0 Å². The van der Waals surface area contributed by atoms with E-state index < -0.39 is 0 Å². The van der Waals surface area contributed by atoms with Gasteiger partial charge in [0.15, 0.2) is 0 Å². The maximum atomic E-state index is 13.0. The van der Waals surface area contributed by atoms with Crippen LogP contribution in [0.5, 0.6) is 5.75 Å². The van der Waals surface area contributed by atoms with Crippen molar-refractivity contribution < 1.29 is 9.50 Å². The van der Waals surface area contributed by atoms with Crippen LogP contribution >= 0.6 is 0 Å². The molecule has 0 saturated carbocycles. The Morgan fingerprint density at radius 2 is 2.24 bits per heavy atom. The zero-order valence-electron chi connectivity index (χ0n) is 10.0. The minimum atomic E-state index is -0.334. The van der Waals surface area contributed by atoms with E-state index in [4.69, 9.17) is 6.42 Å². The first-order valence-corrected chi connectivity index (χ1v) is 5.80. The van der Waals surface area contributed by atoms with E-state index in [0.717, 1.165) is 25.8 Å². The summed E-state index contributed by atoms with van der Waals surface area (Å²) in [5, 5.41) is 12.8. The van der Waals surface area contributed by atoms with Gasteiger partial charge in [0.05, 0.1) is 0 Å². The van der Waals surface area contributed by atoms with Crippen LogP contribution in [0.25, 0.3) is 0 Å². The normalized spacial score (nSPS) is 12.1. The number of hydrogen-bond acceptors (Lipinski definition) is 2. The van der Waals surface area contributed by atoms with E-state index in [1.807, 2.05) is 6.92 Å². The van der Waals surface area contributed by atoms with Gasteiger partial charge in [-0.2, -0.15) is 0 Å². The predicted molar refractivity (Wildman–Crippen MR) is 67.2 cm³/mol. The van der Waals surface area contributed by atoms with Gasteiger partial charge in [-0.05, 0) is 44.5 Å². The molecule has 0 bridgehead atoms. The first kappa shape index (κ1) is 13.5. The van der Waals surface area contributed by atoms with E-state index in [9.17, 15) is 9.50 Å². The summed E-state index contributed by atoms with van der Waals surface area (Å²) in [4.78, 5) is 0. The molecule has 0 saturated heterocycles. The van der Waals surface area contributed by atoms with Crippen LogP contribution < -0.4 is 5.32 Å². The number of unbranched alkanes of at least 4 members (excludes halogenated alkanes) is 2. The second kappa shape index (κ2) is 6.93. The molecule has 1 atom stereocenters. The summed E-state index contributed by atoms with van der Waals surface area (Å²) in [6, 6.07) is 3.91. The molecule has 17 heavy (non-hydrogen) atoms. The van der Waals surface area contributed by atoms with Crippen molar-refractivity contribution >= 4 is 0 Å². The van der Waals surface area contributed by atoms with Crippen LogP contribution in [0.15, 0.2) is 18.2 Å². The Bertz CT molecular complexity index is 398. The Kier molecular flexibility index (Phi) is 5.51. The van der Waals surface area contributed by atoms with Gasteiger partial charge in [-0.15, -0.1) is 12.3 Å². The molecule has 2 N–H and O–H groups in total. The smallest absolute Gasteiger partial charge is 0.123 e. The highest BCUT2D eigenvalue weighted by atomic mass is 19.1. The number of benzene rings is 1. The third-order valence-electron chi connectivity index (χ3n) is 2.65. The SMILES string of the molecule is C#CCCCCNC(C)c1cc(F)ccc1O. The maximum Gasteiger partial charge on any atom is 0.123 e. The number of aromatic hydroxyl groups is 1. The number of halogens is 1. The molecule has 0 spiro atoms. The highest BCUT2D eigenvalue weighted by Gasteiger charge is 2.10. The van der Waals surface area contributed by atoms with Gasteiger partial charge in [0.25, 0.3) is 0 Å². The summed E-state index contributed by atoms with van der Waals surface area (Å²) >= 11 is 0. The molecule has 0 radical (unpaired) electrons. The van der Waals surface area contributed by atoms with Crippen LogP contribution in [-0.2, 0) is 0 Å². The number of hydrogen-bond donors (Lipinski definition) is 2. The third kappa shape index (κ3) is 4.46.